The van der Waals surface area contributed by atoms with Crippen LogP contribution in [0.1, 0.15) is 30.7 Å². The highest BCUT2D eigenvalue weighted by Crippen LogP contribution is 2.34. The van der Waals surface area contributed by atoms with E-state index >= 15 is 0 Å². The van der Waals surface area contributed by atoms with Crippen molar-refractivity contribution in [2.45, 2.75) is 25.8 Å². The van der Waals surface area contributed by atoms with Crippen molar-refractivity contribution >= 4 is 22.9 Å². The number of carbonyl (C=O) groups excluding carboxylic acids is 1. The summed E-state index contributed by atoms with van der Waals surface area (Å²) in [5.74, 6) is 0.861. The van der Waals surface area contributed by atoms with Gasteiger partial charge in [0.25, 0.3) is 0 Å². The van der Waals surface area contributed by atoms with Crippen LogP contribution < -0.4 is 10.1 Å². The molecule has 1 aromatic carbocycles. The molecule has 0 spiro atoms. The Morgan fingerprint density at radius 2 is 2.17 bits per heavy atom. The van der Waals surface area contributed by atoms with E-state index in [-0.39, 0.29) is 5.91 Å². The average Bonchev–Trinajstić information content (AvgIpc) is 3.20. The summed E-state index contributed by atoms with van der Waals surface area (Å²) in [5, 5.41) is 5.07. The van der Waals surface area contributed by atoms with Crippen molar-refractivity contribution in [2.24, 2.45) is 0 Å². The molecule has 1 N–H and O–H groups in total. The van der Waals surface area contributed by atoms with Crippen LogP contribution in [0.3, 0.4) is 0 Å². The van der Waals surface area contributed by atoms with Gasteiger partial charge in [0, 0.05) is 16.6 Å². The minimum absolute atomic E-state index is 0.0395. The summed E-state index contributed by atoms with van der Waals surface area (Å²) >= 11 is 1.77. The zero-order valence-corrected chi connectivity index (χ0v) is 14.1. The van der Waals surface area contributed by atoms with E-state index in [2.05, 4.69) is 27.7 Å². The quantitative estimate of drug-likeness (QED) is 0.873. The van der Waals surface area contributed by atoms with Crippen molar-refractivity contribution in [3.8, 4) is 5.75 Å². The van der Waals surface area contributed by atoms with Crippen LogP contribution in [0.15, 0.2) is 41.8 Å². The summed E-state index contributed by atoms with van der Waals surface area (Å²) in [5.41, 5.74) is 0.810. The van der Waals surface area contributed by atoms with Gasteiger partial charge < -0.3 is 10.1 Å². The topological polar surface area (TPSA) is 41.6 Å². The third kappa shape index (κ3) is 4.12. The zero-order chi connectivity index (χ0) is 16.1. The largest absolute Gasteiger partial charge is 0.494 e. The Balaban J connectivity index is 1.56. The van der Waals surface area contributed by atoms with Crippen LogP contribution in [-0.4, -0.2) is 30.5 Å². The number of hydrogen-bond acceptors (Lipinski definition) is 4. The van der Waals surface area contributed by atoms with Crippen molar-refractivity contribution < 1.29 is 9.53 Å². The summed E-state index contributed by atoms with van der Waals surface area (Å²) in [6.45, 7) is 4.02. The van der Waals surface area contributed by atoms with Crippen LogP contribution >= 0.6 is 11.3 Å². The van der Waals surface area contributed by atoms with Gasteiger partial charge >= 0.3 is 0 Å². The van der Waals surface area contributed by atoms with E-state index in [1.165, 1.54) is 4.88 Å². The Labute approximate surface area is 141 Å². The van der Waals surface area contributed by atoms with Gasteiger partial charge in [0.1, 0.15) is 5.75 Å². The highest BCUT2D eigenvalue weighted by atomic mass is 32.1. The van der Waals surface area contributed by atoms with E-state index in [1.54, 1.807) is 11.3 Å². The molecule has 5 heteroatoms. The van der Waals surface area contributed by atoms with Gasteiger partial charge in [-0.1, -0.05) is 6.07 Å². The molecule has 1 atom stereocenters. The summed E-state index contributed by atoms with van der Waals surface area (Å²) in [7, 11) is 0. The summed E-state index contributed by atoms with van der Waals surface area (Å²) in [6.07, 6.45) is 2.29. The molecular weight excluding hydrogens is 308 g/mol. The lowest BCUT2D eigenvalue weighted by atomic mass is 10.2. The molecular formula is C18H22N2O2S. The van der Waals surface area contributed by atoms with Crippen LogP contribution in [0.5, 0.6) is 5.75 Å². The predicted molar refractivity (Wildman–Crippen MR) is 94.1 cm³/mol. The highest BCUT2D eigenvalue weighted by molar-refractivity contribution is 7.10. The van der Waals surface area contributed by atoms with Crippen LogP contribution in [-0.2, 0) is 4.79 Å². The van der Waals surface area contributed by atoms with Gasteiger partial charge in [-0.2, -0.15) is 0 Å². The number of amides is 1. The van der Waals surface area contributed by atoms with Crippen molar-refractivity contribution in [1.29, 1.82) is 0 Å². The van der Waals surface area contributed by atoms with E-state index in [9.17, 15) is 4.79 Å². The van der Waals surface area contributed by atoms with Gasteiger partial charge in [-0.3, -0.25) is 9.69 Å². The fourth-order valence-electron chi connectivity index (χ4n) is 3.00. The first kappa shape index (κ1) is 16.0. The molecule has 1 aliphatic rings. The Bertz CT molecular complexity index is 625. The number of hydrogen-bond donors (Lipinski definition) is 1. The molecule has 1 saturated heterocycles. The summed E-state index contributed by atoms with van der Waals surface area (Å²) in [6, 6.07) is 12.1. The maximum absolute atomic E-state index is 12.3. The number of nitrogens with one attached hydrogen (secondary N) is 1. The lowest BCUT2D eigenvalue weighted by Gasteiger charge is -2.22. The van der Waals surface area contributed by atoms with E-state index in [0.29, 0.717) is 19.2 Å². The molecule has 1 aliphatic heterocycles. The number of anilines is 1. The maximum atomic E-state index is 12.3. The first-order valence-electron chi connectivity index (χ1n) is 8.06. The number of benzene rings is 1. The first-order chi connectivity index (χ1) is 11.3. The van der Waals surface area contributed by atoms with Crippen LogP contribution in [0.25, 0.3) is 0 Å². The molecule has 2 aromatic rings. The van der Waals surface area contributed by atoms with Crippen molar-refractivity contribution in [3.05, 3.63) is 46.7 Å². The Kier molecular flexibility index (Phi) is 5.31. The first-order valence-corrected chi connectivity index (χ1v) is 8.94. The van der Waals surface area contributed by atoms with E-state index in [4.69, 9.17) is 4.74 Å². The van der Waals surface area contributed by atoms with Crippen molar-refractivity contribution in [2.75, 3.05) is 25.0 Å². The van der Waals surface area contributed by atoms with Gasteiger partial charge in [0.15, 0.2) is 0 Å². The molecule has 122 valence electrons. The van der Waals surface area contributed by atoms with E-state index < -0.39 is 0 Å². The van der Waals surface area contributed by atoms with Crippen molar-refractivity contribution in [1.82, 2.24) is 4.90 Å². The fourth-order valence-corrected chi connectivity index (χ4v) is 3.90. The molecule has 23 heavy (non-hydrogen) atoms. The minimum atomic E-state index is 0.0395. The normalized spacial score (nSPS) is 18.0. The monoisotopic (exact) mass is 330 g/mol. The Morgan fingerprint density at radius 3 is 2.87 bits per heavy atom. The standard InChI is InChI=1S/C18H22N2O2S/c1-2-22-15-9-7-14(8-10-15)19-18(21)13-20-11-3-5-16(20)17-6-4-12-23-17/h4,6-10,12,16H,2-3,5,11,13H2,1H3,(H,19,21)/t16-/m0/s1. The second kappa shape index (κ2) is 7.62. The molecule has 0 unspecified atom stereocenters. The fraction of sp³-hybridized carbons (Fsp3) is 0.389. The minimum Gasteiger partial charge on any atom is -0.494 e. The Hall–Kier alpha value is -1.85. The predicted octanol–water partition coefficient (Wildman–Crippen LogP) is 3.92. The third-order valence-corrected chi connectivity index (χ3v) is 5.00. The molecule has 1 amide bonds. The van der Waals surface area contributed by atoms with E-state index in [1.807, 2.05) is 31.2 Å². The molecule has 0 bridgehead atoms. The number of carbonyl (C=O) groups is 1. The number of nitrogens with zero attached hydrogens (tertiary/aromatic N) is 1. The molecule has 0 aliphatic carbocycles. The zero-order valence-electron chi connectivity index (χ0n) is 13.3. The summed E-state index contributed by atoms with van der Waals surface area (Å²) in [4.78, 5) is 15.9. The summed E-state index contributed by atoms with van der Waals surface area (Å²) < 4.78 is 5.41. The van der Waals surface area contributed by atoms with Crippen LogP contribution in [0.2, 0.25) is 0 Å². The molecule has 1 fully saturated rings. The molecule has 0 radical (unpaired) electrons. The van der Waals surface area contributed by atoms with E-state index in [0.717, 1.165) is 30.8 Å². The molecule has 2 heterocycles. The third-order valence-electron chi connectivity index (χ3n) is 4.03. The second-order valence-corrected chi connectivity index (χ2v) is 6.63. The number of likely N-dealkylation sites (tertiary alicyclic amines) is 1. The number of thiophene rings is 1. The Morgan fingerprint density at radius 1 is 1.35 bits per heavy atom. The van der Waals surface area contributed by atoms with Gasteiger partial charge in [-0.15, -0.1) is 11.3 Å². The SMILES string of the molecule is CCOc1ccc(NC(=O)CN2CCC[C@H]2c2cccs2)cc1. The number of ether oxygens (including phenoxy) is 1. The van der Waals surface area contributed by atoms with Crippen LogP contribution in [0, 0.1) is 0 Å². The lowest BCUT2D eigenvalue weighted by Crippen LogP contribution is -2.32. The maximum Gasteiger partial charge on any atom is 0.238 e. The van der Waals surface area contributed by atoms with Gasteiger partial charge in [-0.25, -0.2) is 0 Å². The van der Waals surface area contributed by atoms with Gasteiger partial charge in [-0.05, 0) is 62.0 Å². The molecule has 3 rings (SSSR count). The second-order valence-electron chi connectivity index (χ2n) is 5.65. The molecule has 1 aromatic heterocycles. The smallest absolute Gasteiger partial charge is 0.238 e. The average molecular weight is 330 g/mol. The van der Waals surface area contributed by atoms with Gasteiger partial charge in [0.05, 0.1) is 13.2 Å². The molecule has 4 nitrogen and oxygen atoms in total. The van der Waals surface area contributed by atoms with Gasteiger partial charge in [0.2, 0.25) is 5.91 Å². The van der Waals surface area contributed by atoms with Crippen molar-refractivity contribution in [3.63, 3.8) is 0 Å². The molecule has 0 saturated carbocycles. The highest BCUT2D eigenvalue weighted by Gasteiger charge is 2.28. The van der Waals surface area contributed by atoms with Crippen LogP contribution in [0.4, 0.5) is 5.69 Å². The number of rotatable bonds is 6. The lowest BCUT2D eigenvalue weighted by molar-refractivity contribution is -0.117.